The van der Waals surface area contributed by atoms with Crippen LogP contribution in [0.3, 0.4) is 0 Å². The van der Waals surface area contributed by atoms with Crippen molar-refractivity contribution < 1.29 is 14.3 Å². The van der Waals surface area contributed by atoms with Gasteiger partial charge in [-0.1, -0.05) is 47.5 Å². The molecule has 0 unspecified atom stereocenters. The number of carbonyl (C=O) groups is 2. The third-order valence-electron chi connectivity index (χ3n) is 6.39. The number of halogens is 1. The molecule has 9 nitrogen and oxygen atoms in total. The zero-order chi connectivity index (χ0) is 25.7. The van der Waals surface area contributed by atoms with E-state index in [2.05, 4.69) is 28.4 Å². The number of piperidine rings is 1. The van der Waals surface area contributed by atoms with Gasteiger partial charge in [0, 0.05) is 47.6 Å². The zero-order valence-electron chi connectivity index (χ0n) is 19.6. The number of carbonyl (C=O) groups excluding carboxylic acids is 2. The molecule has 0 aliphatic carbocycles. The Morgan fingerprint density at radius 3 is 2.58 bits per heavy atom. The van der Waals surface area contributed by atoms with Gasteiger partial charge < -0.3 is 16.4 Å². The minimum Gasteiger partial charge on any atom is -0.361 e. The van der Waals surface area contributed by atoms with Crippen LogP contribution in [-0.2, 0) is 16.0 Å². The van der Waals surface area contributed by atoms with E-state index >= 15 is 0 Å². The van der Waals surface area contributed by atoms with Gasteiger partial charge >= 0.3 is 11.8 Å². The molecule has 3 aromatic rings. The van der Waals surface area contributed by atoms with E-state index in [1.807, 2.05) is 18.2 Å². The molecule has 1 aromatic heterocycles. The topological polar surface area (TPSA) is 142 Å². The van der Waals surface area contributed by atoms with Gasteiger partial charge in [-0.2, -0.15) is 0 Å². The first-order valence-electron chi connectivity index (χ1n) is 11.5. The molecule has 4 rings (SSSR count). The van der Waals surface area contributed by atoms with E-state index in [9.17, 15) is 9.59 Å². The van der Waals surface area contributed by atoms with Crippen molar-refractivity contribution in [1.29, 1.82) is 5.53 Å². The van der Waals surface area contributed by atoms with Crippen molar-refractivity contribution >= 4 is 35.4 Å². The Bertz CT molecular complexity index is 1320. The van der Waals surface area contributed by atoms with Crippen LogP contribution in [0.1, 0.15) is 35.6 Å². The molecule has 10 heteroatoms. The number of aromatic nitrogens is 1. The van der Waals surface area contributed by atoms with Gasteiger partial charge in [0.25, 0.3) is 0 Å². The molecule has 36 heavy (non-hydrogen) atoms. The number of nitrogens with one attached hydrogen (secondary N) is 1. The molecule has 2 amide bonds. The SMILES string of the molecule is N=N[N+](=CN)c1ccc(Cl)cc1-c1ccc(Cc2cccc(C3CCN(C(=O)C(N)=O)CC3)c2)nc1. The highest BCUT2D eigenvalue weighted by molar-refractivity contribution is 6.34. The number of hydrogen-bond acceptors (Lipinski definition) is 5. The second-order valence-corrected chi connectivity index (χ2v) is 9.08. The fourth-order valence-corrected chi connectivity index (χ4v) is 4.71. The maximum Gasteiger partial charge on any atom is 0.311 e. The van der Waals surface area contributed by atoms with E-state index in [4.69, 9.17) is 28.6 Å². The quantitative estimate of drug-likeness (QED) is 0.117. The summed E-state index contributed by atoms with van der Waals surface area (Å²) >= 11 is 6.21. The van der Waals surface area contributed by atoms with Gasteiger partial charge in [0.15, 0.2) is 0 Å². The van der Waals surface area contributed by atoms with Crippen LogP contribution in [0.15, 0.2) is 66.0 Å². The molecule has 1 fully saturated rings. The van der Waals surface area contributed by atoms with Gasteiger partial charge in [0.1, 0.15) is 5.69 Å². The van der Waals surface area contributed by atoms with Crippen molar-refractivity contribution in [2.45, 2.75) is 25.2 Å². The zero-order valence-corrected chi connectivity index (χ0v) is 20.4. The van der Waals surface area contributed by atoms with Crippen molar-refractivity contribution in [2.75, 3.05) is 13.1 Å². The standard InChI is InChI=1S/C26H26ClN7O2/c27-21-5-7-24(34(16-28)32-30)23(14-21)20-4-6-22(31-15-20)13-17-2-1-3-19(12-17)18-8-10-33(11-9-18)26(36)25(29)35/h1-7,12,14-16,18,28,30H,8-11,13H2,(H2,29,35)/p+1. The minimum atomic E-state index is -0.901. The summed E-state index contributed by atoms with van der Waals surface area (Å²) < 4.78 is 1.26. The second-order valence-electron chi connectivity index (χ2n) is 8.65. The van der Waals surface area contributed by atoms with Gasteiger partial charge in [0.2, 0.25) is 6.34 Å². The number of nitrogens with two attached hydrogens (primary N) is 2. The average molecular weight is 505 g/mol. The fourth-order valence-electron chi connectivity index (χ4n) is 4.53. The lowest BCUT2D eigenvalue weighted by molar-refractivity contribution is -0.454. The summed E-state index contributed by atoms with van der Waals surface area (Å²) in [5.41, 5.74) is 23.6. The molecular formula is C26H27ClN7O2+. The van der Waals surface area contributed by atoms with E-state index in [-0.39, 0.29) is 0 Å². The Labute approximate surface area is 213 Å². The Morgan fingerprint density at radius 2 is 1.94 bits per heavy atom. The van der Waals surface area contributed by atoms with Crippen molar-refractivity contribution in [1.82, 2.24) is 9.88 Å². The van der Waals surface area contributed by atoms with Gasteiger partial charge in [-0.15, -0.1) is 4.68 Å². The Balaban J connectivity index is 1.48. The Kier molecular flexibility index (Phi) is 7.70. The summed E-state index contributed by atoms with van der Waals surface area (Å²) in [7, 11) is 0. The third kappa shape index (κ3) is 5.58. The molecule has 0 bridgehead atoms. The van der Waals surface area contributed by atoms with E-state index in [1.165, 1.54) is 21.5 Å². The lowest BCUT2D eigenvalue weighted by Crippen LogP contribution is -2.44. The molecule has 1 aliphatic heterocycles. The summed E-state index contributed by atoms with van der Waals surface area (Å²) in [6, 6.07) is 17.6. The van der Waals surface area contributed by atoms with Crippen molar-refractivity contribution in [3.63, 3.8) is 0 Å². The number of benzene rings is 2. The molecule has 5 N–H and O–H groups in total. The molecule has 0 radical (unpaired) electrons. The van der Waals surface area contributed by atoms with E-state index < -0.39 is 11.8 Å². The van der Waals surface area contributed by atoms with Gasteiger partial charge in [-0.25, -0.2) is 0 Å². The van der Waals surface area contributed by atoms with Gasteiger partial charge in [-0.3, -0.25) is 14.6 Å². The first-order valence-corrected chi connectivity index (χ1v) is 11.9. The normalized spacial score (nSPS) is 14.5. The van der Waals surface area contributed by atoms with Gasteiger partial charge in [-0.05, 0) is 54.2 Å². The summed E-state index contributed by atoms with van der Waals surface area (Å²) in [6.07, 6.45) is 5.24. The Morgan fingerprint density at radius 1 is 1.17 bits per heavy atom. The molecule has 1 aliphatic rings. The largest absolute Gasteiger partial charge is 0.361 e. The van der Waals surface area contributed by atoms with Crippen molar-refractivity contribution in [2.24, 2.45) is 16.7 Å². The third-order valence-corrected chi connectivity index (χ3v) is 6.63. The monoisotopic (exact) mass is 504 g/mol. The predicted molar refractivity (Wildman–Crippen MR) is 137 cm³/mol. The predicted octanol–water partition coefficient (Wildman–Crippen LogP) is 3.76. The highest BCUT2D eigenvalue weighted by atomic mass is 35.5. The minimum absolute atomic E-state index is 0.322. The second kappa shape index (κ2) is 11.1. The van der Waals surface area contributed by atoms with E-state index in [1.54, 1.807) is 24.4 Å². The van der Waals surface area contributed by atoms with Crippen molar-refractivity contribution in [3.05, 3.63) is 82.6 Å². The van der Waals surface area contributed by atoms with Crippen LogP contribution in [0.25, 0.3) is 11.1 Å². The van der Waals surface area contributed by atoms with Crippen LogP contribution >= 0.6 is 11.6 Å². The van der Waals surface area contributed by atoms with Crippen molar-refractivity contribution in [3.8, 4) is 11.1 Å². The molecular weight excluding hydrogens is 478 g/mol. The smallest absolute Gasteiger partial charge is 0.311 e. The molecule has 0 saturated carbocycles. The maximum atomic E-state index is 11.8. The number of rotatable bonds is 6. The van der Waals surface area contributed by atoms with Crippen LogP contribution in [0.4, 0.5) is 5.69 Å². The molecule has 2 heterocycles. The summed E-state index contributed by atoms with van der Waals surface area (Å²) in [6.45, 7) is 1.05. The number of pyridine rings is 1. The average Bonchev–Trinajstić information content (AvgIpc) is 2.90. The van der Waals surface area contributed by atoms with E-state index in [0.717, 1.165) is 35.2 Å². The first-order chi connectivity index (χ1) is 17.4. The molecule has 1 saturated heterocycles. The lowest BCUT2D eigenvalue weighted by Gasteiger charge is -2.31. The van der Waals surface area contributed by atoms with E-state index in [0.29, 0.717) is 36.1 Å². The Hall–Kier alpha value is -4.11. The van der Waals surface area contributed by atoms with Crippen LogP contribution in [0.2, 0.25) is 5.02 Å². The summed E-state index contributed by atoms with van der Waals surface area (Å²) in [4.78, 5) is 29.2. The number of likely N-dealkylation sites (tertiary alicyclic amines) is 1. The maximum absolute atomic E-state index is 11.8. The van der Waals surface area contributed by atoms with Crippen LogP contribution in [0.5, 0.6) is 0 Å². The number of hydrogen-bond donors (Lipinski definition) is 3. The number of primary amides is 1. The van der Waals surface area contributed by atoms with Crippen LogP contribution in [-0.4, -0.2) is 45.8 Å². The summed E-state index contributed by atoms with van der Waals surface area (Å²) in [5, 5.41) is 3.99. The van der Waals surface area contributed by atoms with Crippen LogP contribution in [0, 0.1) is 5.53 Å². The highest BCUT2D eigenvalue weighted by Crippen LogP contribution is 2.33. The van der Waals surface area contributed by atoms with Crippen LogP contribution < -0.4 is 11.5 Å². The highest BCUT2D eigenvalue weighted by Gasteiger charge is 2.26. The molecule has 0 atom stereocenters. The van der Waals surface area contributed by atoms with Gasteiger partial charge in [0.05, 0.1) is 5.22 Å². The molecule has 184 valence electrons. The number of nitrogens with zero attached hydrogens (tertiary/aromatic N) is 4. The lowest BCUT2D eigenvalue weighted by atomic mass is 9.88. The molecule has 0 spiro atoms. The summed E-state index contributed by atoms with van der Waals surface area (Å²) in [5.74, 6) is -1.19. The number of amides is 2. The first kappa shape index (κ1) is 25.0. The molecule has 2 aromatic carbocycles. The fraction of sp³-hybridized carbons (Fsp3) is 0.231.